The van der Waals surface area contributed by atoms with E-state index in [0.717, 1.165) is 29.7 Å². The first-order chi connectivity index (χ1) is 12.2. The quantitative estimate of drug-likeness (QED) is 0.614. The van der Waals surface area contributed by atoms with Crippen LogP contribution < -0.4 is 9.50 Å². The number of aromatic hydroxyl groups is 1. The van der Waals surface area contributed by atoms with E-state index in [2.05, 4.69) is 9.50 Å². The molecule has 2 aliphatic rings. The molecule has 0 bridgehead atoms. The van der Waals surface area contributed by atoms with Crippen LogP contribution >= 0.6 is 0 Å². The molecule has 9 heteroatoms. The van der Waals surface area contributed by atoms with Gasteiger partial charge in [-0.2, -0.15) is 21.6 Å². The normalized spacial score (nSPS) is 18.8. The number of hydrogen-bond donors (Lipinski definition) is 2. The largest absolute Gasteiger partial charge is 0.534 e. The Balaban J connectivity index is 1.84. The van der Waals surface area contributed by atoms with E-state index in [1.807, 2.05) is 6.07 Å². The summed E-state index contributed by atoms with van der Waals surface area (Å²) in [7, 11) is -5.75. The Morgan fingerprint density at radius 1 is 1.15 bits per heavy atom. The molecule has 2 aromatic carbocycles. The molecule has 1 aliphatic heterocycles. The second-order valence-electron chi connectivity index (χ2n) is 6.30. The van der Waals surface area contributed by atoms with Crippen molar-refractivity contribution in [2.75, 3.05) is 6.54 Å². The van der Waals surface area contributed by atoms with Gasteiger partial charge in [0.2, 0.25) is 0 Å². The van der Waals surface area contributed by atoms with Gasteiger partial charge in [-0.15, -0.1) is 0 Å². The molecule has 0 aromatic heterocycles. The van der Waals surface area contributed by atoms with Crippen LogP contribution in [0.25, 0.3) is 11.1 Å². The highest BCUT2D eigenvalue weighted by molar-refractivity contribution is 7.88. The van der Waals surface area contributed by atoms with E-state index in [0.29, 0.717) is 17.5 Å². The van der Waals surface area contributed by atoms with Crippen molar-refractivity contribution in [1.29, 1.82) is 0 Å². The van der Waals surface area contributed by atoms with Gasteiger partial charge in [0.25, 0.3) is 0 Å². The summed E-state index contributed by atoms with van der Waals surface area (Å²) in [4.78, 5) is 0. The zero-order valence-corrected chi connectivity index (χ0v) is 14.1. The molecule has 2 aromatic rings. The average molecular weight is 385 g/mol. The molecule has 0 amide bonds. The minimum absolute atomic E-state index is 0.000902. The maximum Gasteiger partial charge on any atom is 0.534 e. The van der Waals surface area contributed by atoms with Gasteiger partial charge in [0.05, 0.1) is 0 Å². The second kappa shape index (κ2) is 5.62. The van der Waals surface area contributed by atoms with Crippen LogP contribution in [0.5, 0.6) is 11.5 Å². The standard InChI is InChI=1S/C17H14F3NO4S/c18-17(19,20)26(23,24)25-11-3-1-10-7-13-15-9(5-6-21-13)2-4-14(22)16(15)12(10)8-11/h1-4,8,13,21-22H,5-7H2. The number of halogens is 3. The van der Waals surface area contributed by atoms with Crippen LogP contribution in [0.3, 0.4) is 0 Å². The Hall–Kier alpha value is -2.26. The number of alkyl halides is 3. The molecule has 0 saturated carbocycles. The van der Waals surface area contributed by atoms with Crippen molar-refractivity contribution in [3.8, 4) is 22.6 Å². The Kier molecular flexibility index (Phi) is 3.71. The van der Waals surface area contributed by atoms with Gasteiger partial charge in [0.15, 0.2) is 0 Å². The van der Waals surface area contributed by atoms with Crippen LogP contribution in [0.15, 0.2) is 30.3 Å². The van der Waals surface area contributed by atoms with Crippen LogP contribution in [0.1, 0.15) is 22.7 Å². The van der Waals surface area contributed by atoms with Gasteiger partial charge < -0.3 is 14.6 Å². The van der Waals surface area contributed by atoms with E-state index in [1.54, 1.807) is 6.07 Å². The van der Waals surface area contributed by atoms with Crippen molar-refractivity contribution in [2.24, 2.45) is 0 Å². The molecule has 0 radical (unpaired) electrons. The fraction of sp³-hybridized carbons (Fsp3) is 0.294. The monoisotopic (exact) mass is 385 g/mol. The molecule has 5 nitrogen and oxygen atoms in total. The van der Waals surface area contributed by atoms with E-state index in [1.165, 1.54) is 18.2 Å². The first-order valence-corrected chi connectivity index (χ1v) is 9.30. The number of phenols is 1. The summed E-state index contributed by atoms with van der Waals surface area (Å²) in [6, 6.07) is 7.34. The van der Waals surface area contributed by atoms with E-state index < -0.39 is 21.4 Å². The minimum Gasteiger partial charge on any atom is -0.507 e. The zero-order chi connectivity index (χ0) is 18.7. The molecule has 0 spiro atoms. The third kappa shape index (κ3) is 2.62. The summed E-state index contributed by atoms with van der Waals surface area (Å²) >= 11 is 0. The number of benzene rings is 2. The van der Waals surface area contributed by atoms with Gasteiger partial charge >= 0.3 is 15.6 Å². The van der Waals surface area contributed by atoms with E-state index in [4.69, 9.17) is 0 Å². The molecule has 138 valence electrons. The van der Waals surface area contributed by atoms with Crippen molar-refractivity contribution in [1.82, 2.24) is 5.32 Å². The smallest absolute Gasteiger partial charge is 0.507 e. The molecule has 1 heterocycles. The number of phenolic OH excluding ortho intramolecular Hbond substituents is 1. The number of rotatable bonds is 2. The SMILES string of the molecule is O=S(=O)(Oc1ccc2c(c1)-c1c(O)ccc3c1C(C2)NCC3)C(F)(F)F. The van der Waals surface area contributed by atoms with Gasteiger partial charge in [0.1, 0.15) is 11.5 Å². The van der Waals surface area contributed by atoms with E-state index >= 15 is 0 Å². The third-order valence-corrected chi connectivity index (χ3v) is 5.69. The lowest BCUT2D eigenvalue weighted by Crippen LogP contribution is -2.33. The van der Waals surface area contributed by atoms with Crippen LogP contribution in [0.2, 0.25) is 0 Å². The van der Waals surface area contributed by atoms with Crippen molar-refractivity contribution >= 4 is 10.1 Å². The Labute approximate surface area is 147 Å². The summed E-state index contributed by atoms with van der Waals surface area (Å²) < 4.78 is 64.4. The molecule has 4 rings (SSSR count). The lowest BCUT2D eigenvalue weighted by molar-refractivity contribution is -0.0500. The maximum absolute atomic E-state index is 12.6. The lowest BCUT2D eigenvalue weighted by atomic mass is 9.77. The topological polar surface area (TPSA) is 75.6 Å². The molecular formula is C17H14F3NO4S. The predicted octanol–water partition coefficient (Wildman–Crippen LogP) is 3.03. The summed E-state index contributed by atoms with van der Waals surface area (Å²) in [6.07, 6.45) is 1.36. The summed E-state index contributed by atoms with van der Waals surface area (Å²) in [5.74, 6) is -0.450. The lowest BCUT2D eigenvalue weighted by Gasteiger charge is -2.34. The van der Waals surface area contributed by atoms with Crippen molar-refractivity contribution in [2.45, 2.75) is 24.4 Å². The Morgan fingerprint density at radius 2 is 1.88 bits per heavy atom. The predicted molar refractivity (Wildman–Crippen MR) is 87.3 cm³/mol. The second-order valence-corrected chi connectivity index (χ2v) is 7.83. The van der Waals surface area contributed by atoms with Gasteiger partial charge in [-0.3, -0.25) is 0 Å². The van der Waals surface area contributed by atoms with E-state index in [9.17, 15) is 26.7 Å². The molecule has 2 N–H and O–H groups in total. The Bertz CT molecular complexity index is 1000. The highest BCUT2D eigenvalue weighted by Crippen LogP contribution is 2.47. The van der Waals surface area contributed by atoms with Gasteiger partial charge in [-0.25, -0.2) is 0 Å². The fourth-order valence-electron chi connectivity index (χ4n) is 3.62. The first kappa shape index (κ1) is 17.2. The molecular weight excluding hydrogens is 371 g/mol. The van der Waals surface area contributed by atoms with Gasteiger partial charge in [0, 0.05) is 11.6 Å². The van der Waals surface area contributed by atoms with Gasteiger partial charge in [-0.1, -0.05) is 12.1 Å². The summed E-state index contributed by atoms with van der Waals surface area (Å²) in [6.45, 7) is 0.794. The van der Waals surface area contributed by atoms with Gasteiger partial charge in [-0.05, 0) is 59.8 Å². The average Bonchev–Trinajstić information content (AvgIpc) is 2.56. The zero-order valence-electron chi connectivity index (χ0n) is 13.3. The first-order valence-electron chi connectivity index (χ1n) is 7.89. The van der Waals surface area contributed by atoms with E-state index in [-0.39, 0.29) is 11.8 Å². The summed E-state index contributed by atoms with van der Waals surface area (Å²) in [5.41, 5.74) is -1.77. The maximum atomic E-state index is 12.6. The molecule has 1 aliphatic carbocycles. The van der Waals surface area contributed by atoms with Crippen molar-refractivity contribution in [3.63, 3.8) is 0 Å². The Morgan fingerprint density at radius 3 is 2.62 bits per heavy atom. The highest BCUT2D eigenvalue weighted by atomic mass is 32.2. The van der Waals surface area contributed by atoms with Crippen LogP contribution in [-0.4, -0.2) is 25.6 Å². The summed E-state index contributed by atoms with van der Waals surface area (Å²) in [5, 5.41) is 13.7. The van der Waals surface area contributed by atoms with Crippen LogP contribution in [0.4, 0.5) is 13.2 Å². The molecule has 1 atom stereocenters. The number of fused-ring (bicyclic) bond motifs is 2. The van der Waals surface area contributed by atoms with Crippen molar-refractivity contribution < 1.29 is 30.9 Å². The minimum atomic E-state index is -5.75. The highest BCUT2D eigenvalue weighted by Gasteiger charge is 2.48. The number of hydrogen-bond acceptors (Lipinski definition) is 5. The fourth-order valence-corrected chi connectivity index (χ4v) is 4.07. The van der Waals surface area contributed by atoms with Crippen LogP contribution in [0, 0.1) is 0 Å². The van der Waals surface area contributed by atoms with Crippen molar-refractivity contribution in [3.05, 3.63) is 47.0 Å². The third-order valence-electron chi connectivity index (χ3n) is 4.71. The molecule has 26 heavy (non-hydrogen) atoms. The molecule has 0 fully saturated rings. The van der Waals surface area contributed by atoms with Crippen LogP contribution in [-0.2, 0) is 23.0 Å². The number of nitrogens with one attached hydrogen (secondary N) is 1. The molecule has 0 saturated heterocycles. The molecule has 1 unspecified atom stereocenters.